The number of fused-ring (bicyclic) bond motifs is 3. The second-order valence-corrected chi connectivity index (χ2v) is 11.4. The Bertz CT molecular complexity index is 1520. The summed E-state index contributed by atoms with van der Waals surface area (Å²) in [6, 6.07) is 15.3. The molecule has 4 aromatic heterocycles. The highest BCUT2D eigenvalue weighted by Gasteiger charge is 2.32. The van der Waals surface area contributed by atoms with Gasteiger partial charge in [-0.05, 0) is 57.2 Å². The van der Waals surface area contributed by atoms with E-state index in [1.807, 2.05) is 38.7 Å². The first kappa shape index (κ1) is 23.3. The summed E-state index contributed by atoms with van der Waals surface area (Å²) < 4.78 is 11.2. The maximum atomic E-state index is 10.8. The monoisotopic (exact) mass is 501 g/mol. The van der Waals surface area contributed by atoms with E-state index in [1.165, 1.54) is 5.56 Å². The molecule has 0 saturated carbocycles. The van der Waals surface area contributed by atoms with Gasteiger partial charge in [-0.3, -0.25) is 4.98 Å². The second-order valence-electron chi connectivity index (χ2n) is 10.3. The molecule has 8 heteroatoms. The molecule has 1 fully saturated rings. The highest BCUT2D eigenvalue weighted by molar-refractivity contribution is 7.23. The maximum absolute atomic E-state index is 10.8. The normalized spacial score (nSPS) is 16.2. The van der Waals surface area contributed by atoms with Crippen LogP contribution in [0.25, 0.3) is 31.8 Å². The van der Waals surface area contributed by atoms with Crippen LogP contribution >= 0.6 is 11.3 Å². The highest BCUT2D eigenvalue weighted by Crippen LogP contribution is 2.45. The molecule has 0 radical (unpaired) electrons. The minimum atomic E-state index is -0.979. The number of thiophene rings is 1. The molecule has 1 aliphatic rings. The molecule has 0 spiro atoms. The zero-order valence-corrected chi connectivity index (χ0v) is 21.9. The Labute approximate surface area is 214 Å². The van der Waals surface area contributed by atoms with Gasteiger partial charge in [0.25, 0.3) is 0 Å². The highest BCUT2D eigenvalue weighted by atomic mass is 32.1. The number of aromatic nitrogens is 5. The summed E-state index contributed by atoms with van der Waals surface area (Å²) in [6.45, 7) is 7.18. The van der Waals surface area contributed by atoms with Gasteiger partial charge in [-0.2, -0.15) is 0 Å². The molecule has 36 heavy (non-hydrogen) atoms. The standard InChI is InChI=1S/C28H31N5O2S/c1-17-25(32(4)31-30-17)23-15-22-27(36-23)24-21(14-20(16-29-24)28(2,3)34)33(22)26(18-8-6-5-7-9-18)19-10-12-35-13-11-19/h5-9,14-16,19,26,34H,10-13H2,1-4H3. The summed E-state index contributed by atoms with van der Waals surface area (Å²) >= 11 is 1.73. The maximum Gasteiger partial charge on any atom is 0.106 e. The smallest absolute Gasteiger partial charge is 0.106 e. The Morgan fingerprint density at radius 3 is 2.53 bits per heavy atom. The van der Waals surface area contributed by atoms with Crippen molar-refractivity contribution in [1.29, 1.82) is 0 Å². The largest absolute Gasteiger partial charge is 0.386 e. The minimum absolute atomic E-state index is 0.127. The fourth-order valence-electron chi connectivity index (χ4n) is 5.53. The van der Waals surface area contributed by atoms with Crippen LogP contribution in [-0.2, 0) is 17.4 Å². The molecule has 0 bridgehead atoms. The van der Waals surface area contributed by atoms with Crippen molar-refractivity contribution in [3.63, 3.8) is 0 Å². The summed E-state index contributed by atoms with van der Waals surface area (Å²) in [5, 5.41) is 19.3. The third kappa shape index (κ3) is 3.84. The summed E-state index contributed by atoms with van der Waals surface area (Å²) in [6.07, 6.45) is 3.82. The zero-order valence-electron chi connectivity index (χ0n) is 21.1. The van der Waals surface area contributed by atoms with Crippen molar-refractivity contribution in [3.05, 3.63) is 65.5 Å². The number of nitrogens with zero attached hydrogens (tertiary/aromatic N) is 5. The Hall–Kier alpha value is -3.07. The predicted molar refractivity (Wildman–Crippen MR) is 143 cm³/mol. The molecule has 5 aromatic rings. The lowest BCUT2D eigenvalue weighted by Crippen LogP contribution is -2.27. The Morgan fingerprint density at radius 2 is 1.86 bits per heavy atom. The molecule has 0 amide bonds. The van der Waals surface area contributed by atoms with Crippen molar-refractivity contribution < 1.29 is 9.84 Å². The average molecular weight is 502 g/mol. The first-order valence-electron chi connectivity index (χ1n) is 12.5. The quantitative estimate of drug-likeness (QED) is 0.339. The molecule has 7 nitrogen and oxygen atoms in total. The van der Waals surface area contributed by atoms with Crippen LogP contribution in [-0.4, -0.2) is 42.9 Å². The van der Waals surface area contributed by atoms with Gasteiger partial charge in [0.1, 0.15) is 11.2 Å². The van der Waals surface area contributed by atoms with E-state index in [2.05, 4.69) is 57.3 Å². The number of hydrogen-bond acceptors (Lipinski definition) is 6. The Kier molecular flexibility index (Phi) is 5.70. The molecule has 1 saturated heterocycles. The molecule has 6 rings (SSSR count). The third-order valence-electron chi connectivity index (χ3n) is 7.38. The van der Waals surface area contributed by atoms with E-state index in [9.17, 15) is 5.11 Å². The summed E-state index contributed by atoms with van der Waals surface area (Å²) in [7, 11) is 1.94. The van der Waals surface area contributed by atoms with Crippen LogP contribution in [0.3, 0.4) is 0 Å². The molecule has 1 aliphatic heterocycles. The van der Waals surface area contributed by atoms with E-state index in [0.717, 1.165) is 69.1 Å². The van der Waals surface area contributed by atoms with Crippen molar-refractivity contribution in [2.75, 3.05) is 13.2 Å². The van der Waals surface area contributed by atoms with Crippen molar-refractivity contribution >= 4 is 32.6 Å². The topological polar surface area (TPSA) is 78.0 Å². The van der Waals surface area contributed by atoms with E-state index < -0.39 is 5.60 Å². The fourth-order valence-corrected chi connectivity index (χ4v) is 6.82. The van der Waals surface area contributed by atoms with Crippen LogP contribution < -0.4 is 0 Å². The molecule has 5 heterocycles. The Morgan fingerprint density at radius 1 is 1.11 bits per heavy atom. The summed E-state index contributed by atoms with van der Waals surface area (Å²) in [5.74, 6) is 0.425. The average Bonchev–Trinajstić information content (AvgIpc) is 3.52. The van der Waals surface area contributed by atoms with Gasteiger partial charge in [-0.1, -0.05) is 35.5 Å². The van der Waals surface area contributed by atoms with Gasteiger partial charge in [0.2, 0.25) is 0 Å². The minimum Gasteiger partial charge on any atom is -0.386 e. The Balaban J connectivity index is 1.67. The number of hydrogen-bond donors (Lipinski definition) is 1. The van der Waals surface area contributed by atoms with Crippen molar-refractivity contribution in [3.8, 4) is 10.6 Å². The van der Waals surface area contributed by atoms with Gasteiger partial charge in [0.05, 0.1) is 37.9 Å². The molecule has 1 unspecified atom stereocenters. The third-order valence-corrected chi connectivity index (χ3v) is 8.52. The first-order chi connectivity index (χ1) is 17.3. The van der Waals surface area contributed by atoms with Crippen molar-refractivity contribution in [2.45, 2.75) is 45.3 Å². The van der Waals surface area contributed by atoms with E-state index in [1.54, 1.807) is 11.3 Å². The molecule has 1 aromatic carbocycles. The van der Waals surface area contributed by atoms with Gasteiger partial charge < -0.3 is 14.4 Å². The van der Waals surface area contributed by atoms with Crippen LogP contribution in [0.5, 0.6) is 0 Å². The lowest BCUT2D eigenvalue weighted by Gasteiger charge is -2.33. The van der Waals surface area contributed by atoms with E-state index >= 15 is 0 Å². The molecule has 1 N–H and O–H groups in total. The summed E-state index contributed by atoms with van der Waals surface area (Å²) in [4.78, 5) is 6.06. The van der Waals surface area contributed by atoms with Crippen LogP contribution in [0, 0.1) is 12.8 Å². The molecular weight excluding hydrogens is 470 g/mol. The van der Waals surface area contributed by atoms with E-state index in [4.69, 9.17) is 9.72 Å². The SMILES string of the molecule is Cc1nnn(C)c1-c1cc2c(s1)c1ncc(C(C)(C)O)cc1n2C(c1ccccc1)C1CCOCC1. The van der Waals surface area contributed by atoms with Crippen molar-refractivity contribution in [1.82, 2.24) is 24.5 Å². The van der Waals surface area contributed by atoms with Crippen molar-refractivity contribution in [2.24, 2.45) is 13.0 Å². The van der Waals surface area contributed by atoms with Crippen LogP contribution in [0.1, 0.15) is 49.6 Å². The molecule has 186 valence electrons. The van der Waals surface area contributed by atoms with Gasteiger partial charge in [0, 0.05) is 32.0 Å². The number of aliphatic hydroxyl groups is 1. The van der Waals surface area contributed by atoms with Crippen LogP contribution in [0.2, 0.25) is 0 Å². The predicted octanol–water partition coefficient (Wildman–Crippen LogP) is 5.60. The number of benzene rings is 1. The lowest BCUT2D eigenvalue weighted by molar-refractivity contribution is 0.0552. The first-order valence-corrected chi connectivity index (χ1v) is 13.3. The molecular formula is C28H31N5O2S. The zero-order chi connectivity index (χ0) is 25.0. The number of aryl methyl sites for hydroxylation is 2. The number of rotatable bonds is 5. The van der Waals surface area contributed by atoms with Gasteiger partial charge in [0.15, 0.2) is 0 Å². The summed E-state index contributed by atoms with van der Waals surface area (Å²) in [5.41, 5.74) is 6.25. The number of pyridine rings is 1. The second kappa shape index (κ2) is 8.80. The van der Waals surface area contributed by atoms with Crippen LogP contribution in [0.4, 0.5) is 0 Å². The molecule has 1 atom stereocenters. The lowest BCUT2D eigenvalue weighted by atomic mass is 9.86. The van der Waals surface area contributed by atoms with Gasteiger partial charge >= 0.3 is 0 Å². The fraction of sp³-hybridized carbons (Fsp3) is 0.393. The van der Waals surface area contributed by atoms with Gasteiger partial charge in [-0.15, -0.1) is 16.4 Å². The van der Waals surface area contributed by atoms with E-state index in [-0.39, 0.29) is 6.04 Å². The van der Waals surface area contributed by atoms with Crippen LogP contribution in [0.15, 0.2) is 48.7 Å². The molecule has 0 aliphatic carbocycles. The van der Waals surface area contributed by atoms with E-state index in [0.29, 0.717) is 5.92 Å². The van der Waals surface area contributed by atoms with Gasteiger partial charge in [-0.25, -0.2) is 4.68 Å². The number of ether oxygens (including phenoxy) is 1.